The lowest BCUT2D eigenvalue weighted by Gasteiger charge is -2.22. The maximum absolute atomic E-state index is 10.8. The SMILES string of the molecule is CCc1nc(C)cn2nc(-c3ccc4nc(C5CCNCC5)ccc4n3)c(O)c12. The van der Waals surface area contributed by atoms with Gasteiger partial charge in [0.2, 0.25) is 0 Å². The minimum absolute atomic E-state index is 0.125. The number of aryl methyl sites for hydroxylation is 2. The van der Waals surface area contributed by atoms with Crippen molar-refractivity contribution in [1.29, 1.82) is 0 Å². The Morgan fingerprint density at radius 1 is 1.07 bits per heavy atom. The van der Waals surface area contributed by atoms with Gasteiger partial charge in [-0.3, -0.25) is 9.97 Å². The zero-order valence-electron chi connectivity index (χ0n) is 16.7. The van der Waals surface area contributed by atoms with Crippen LogP contribution in [0.2, 0.25) is 0 Å². The maximum Gasteiger partial charge on any atom is 0.173 e. The molecule has 5 heterocycles. The van der Waals surface area contributed by atoms with Crippen molar-refractivity contribution in [2.75, 3.05) is 13.1 Å². The van der Waals surface area contributed by atoms with Gasteiger partial charge >= 0.3 is 0 Å². The first-order chi connectivity index (χ1) is 14.1. The van der Waals surface area contributed by atoms with Crippen molar-refractivity contribution < 1.29 is 5.11 Å². The number of piperidine rings is 1. The van der Waals surface area contributed by atoms with E-state index < -0.39 is 0 Å². The van der Waals surface area contributed by atoms with Gasteiger partial charge in [-0.15, -0.1) is 0 Å². The molecule has 0 saturated carbocycles. The second-order valence-electron chi connectivity index (χ2n) is 7.67. The van der Waals surface area contributed by atoms with Crippen LogP contribution in [0.5, 0.6) is 5.75 Å². The minimum Gasteiger partial charge on any atom is -0.504 e. The van der Waals surface area contributed by atoms with Gasteiger partial charge in [-0.05, 0) is 63.5 Å². The summed E-state index contributed by atoms with van der Waals surface area (Å²) in [7, 11) is 0. The summed E-state index contributed by atoms with van der Waals surface area (Å²) in [6, 6.07) is 7.96. The number of nitrogens with zero attached hydrogens (tertiary/aromatic N) is 5. The molecule has 4 aromatic rings. The molecule has 148 valence electrons. The molecule has 4 aromatic heterocycles. The number of nitrogens with one attached hydrogen (secondary N) is 1. The number of hydrogen-bond donors (Lipinski definition) is 2. The standard InChI is InChI=1S/C22H24N6O/c1-3-15-21-22(29)20(27-28(21)12-13(2)24-15)19-7-6-17-18(26-19)5-4-16(25-17)14-8-10-23-11-9-14/h4-7,12,14,23,29H,3,8-11H2,1-2H3. The van der Waals surface area contributed by atoms with E-state index in [0.717, 1.165) is 60.5 Å². The van der Waals surface area contributed by atoms with Crippen LogP contribution in [0, 0.1) is 6.92 Å². The van der Waals surface area contributed by atoms with E-state index in [-0.39, 0.29) is 5.75 Å². The molecule has 1 saturated heterocycles. The van der Waals surface area contributed by atoms with Gasteiger partial charge in [-0.1, -0.05) is 6.92 Å². The van der Waals surface area contributed by atoms with E-state index in [1.807, 2.05) is 38.2 Å². The van der Waals surface area contributed by atoms with Crippen LogP contribution in [-0.4, -0.2) is 42.8 Å². The zero-order chi connectivity index (χ0) is 20.0. The molecule has 0 atom stereocenters. The van der Waals surface area contributed by atoms with Gasteiger partial charge in [0.25, 0.3) is 0 Å². The largest absolute Gasteiger partial charge is 0.504 e. The van der Waals surface area contributed by atoms with Gasteiger partial charge in [0, 0.05) is 11.6 Å². The van der Waals surface area contributed by atoms with E-state index in [4.69, 9.17) is 9.97 Å². The molecule has 7 nitrogen and oxygen atoms in total. The van der Waals surface area contributed by atoms with Crippen molar-refractivity contribution in [3.8, 4) is 17.1 Å². The maximum atomic E-state index is 10.8. The van der Waals surface area contributed by atoms with Crippen LogP contribution < -0.4 is 5.32 Å². The van der Waals surface area contributed by atoms with Crippen LogP contribution in [0.1, 0.15) is 42.8 Å². The lowest BCUT2D eigenvalue weighted by Crippen LogP contribution is -2.27. The van der Waals surface area contributed by atoms with Crippen LogP contribution in [-0.2, 0) is 6.42 Å². The van der Waals surface area contributed by atoms with E-state index in [1.54, 1.807) is 4.52 Å². The summed E-state index contributed by atoms with van der Waals surface area (Å²) in [4.78, 5) is 14.1. The van der Waals surface area contributed by atoms with Gasteiger partial charge < -0.3 is 10.4 Å². The lowest BCUT2D eigenvalue weighted by atomic mass is 9.94. The molecule has 5 rings (SSSR count). The number of aromatic hydroxyl groups is 1. The quantitative estimate of drug-likeness (QED) is 0.559. The molecule has 1 aliphatic heterocycles. The highest BCUT2D eigenvalue weighted by atomic mass is 16.3. The molecule has 1 aliphatic rings. The highest BCUT2D eigenvalue weighted by Crippen LogP contribution is 2.34. The van der Waals surface area contributed by atoms with Crippen LogP contribution in [0.25, 0.3) is 27.9 Å². The highest BCUT2D eigenvalue weighted by Gasteiger charge is 2.20. The van der Waals surface area contributed by atoms with E-state index in [0.29, 0.717) is 22.8 Å². The fourth-order valence-electron chi connectivity index (χ4n) is 4.18. The summed E-state index contributed by atoms with van der Waals surface area (Å²) in [5.41, 5.74) is 6.26. The van der Waals surface area contributed by atoms with Gasteiger partial charge in [0.05, 0.1) is 34.3 Å². The molecule has 7 heteroatoms. The second-order valence-corrected chi connectivity index (χ2v) is 7.67. The molecule has 0 amide bonds. The fraction of sp³-hybridized carbons (Fsp3) is 0.364. The van der Waals surface area contributed by atoms with Crippen molar-refractivity contribution in [3.05, 3.63) is 47.5 Å². The topological polar surface area (TPSA) is 88.2 Å². The van der Waals surface area contributed by atoms with Crippen LogP contribution >= 0.6 is 0 Å². The molecule has 0 bridgehead atoms. The van der Waals surface area contributed by atoms with Gasteiger partial charge in [-0.2, -0.15) is 5.10 Å². The Bertz CT molecular complexity index is 1210. The first kappa shape index (κ1) is 18.0. The summed E-state index contributed by atoms with van der Waals surface area (Å²) in [5.74, 6) is 0.631. The van der Waals surface area contributed by atoms with Crippen LogP contribution in [0.4, 0.5) is 0 Å². The zero-order valence-corrected chi connectivity index (χ0v) is 16.7. The van der Waals surface area contributed by atoms with Gasteiger partial charge in [0.1, 0.15) is 5.52 Å². The summed E-state index contributed by atoms with van der Waals surface area (Å²) >= 11 is 0. The molecule has 0 aromatic carbocycles. The number of hydrogen-bond acceptors (Lipinski definition) is 6. The summed E-state index contributed by atoms with van der Waals surface area (Å²) in [6.45, 7) is 6.04. The lowest BCUT2D eigenvalue weighted by molar-refractivity contribution is 0.454. The van der Waals surface area contributed by atoms with E-state index in [9.17, 15) is 5.11 Å². The number of rotatable bonds is 3. The first-order valence-corrected chi connectivity index (χ1v) is 10.2. The third-order valence-electron chi connectivity index (χ3n) is 5.68. The van der Waals surface area contributed by atoms with Crippen molar-refractivity contribution in [3.63, 3.8) is 0 Å². The molecule has 2 N–H and O–H groups in total. The molecular weight excluding hydrogens is 364 g/mol. The average molecular weight is 388 g/mol. The molecule has 0 unspecified atom stereocenters. The van der Waals surface area contributed by atoms with E-state index in [2.05, 4.69) is 21.5 Å². The van der Waals surface area contributed by atoms with Crippen molar-refractivity contribution in [2.24, 2.45) is 0 Å². The predicted octanol–water partition coefficient (Wildman–Crippen LogP) is 3.38. The van der Waals surface area contributed by atoms with Crippen LogP contribution in [0.15, 0.2) is 30.5 Å². The highest BCUT2D eigenvalue weighted by molar-refractivity contribution is 5.82. The van der Waals surface area contributed by atoms with Crippen LogP contribution in [0.3, 0.4) is 0 Å². The Hall–Kier alpha value is -3.06. The Morgan fingerprint density at radius 3 is 2.62 bits per heavy atom. The third-order valence-corrected chi connectivity index (χ3v) is 5.68. The second kappa shape index (κ2) is 7.08. The monoisotopic (exact) mass is 388 g/mol. The predicted molar refractivity (Wildman–Crippen MR) is 112 cm³/mol. The Kier molecular flexibility index (Phi) is 4.39. The Balaban J connectivity index is 1.57. The molecule has 0 spiro atoms. The molecule has 0 radical (unpaired) electrons. The average Bonchev–Trinajstić information content (AvgIpc) is 3.09. The minimum atomic E-state index is 0.125. The normalized spacial score (nSPS) is 15.4. The Morgan fingerprint density at radius 2 is 1.83 bits per heavy atom. The van der Waals surface area contributed by atoms with E-state index >= 15 is 0 Å². The summed E-state index contributed by atoms with van der Waals surface area (Å²) in [6.07, 6.45) is 4.78. The first-order valence-electron chi connectivity index (χ1n) is 10.2. The fourth-order valence-corrected chi connectivity index (χ4v) is 4.18. The third kappa shape index (κ3) is 3.11. The smallest absolute Gasteiger partial charge is 0.173 e. The van der Waals surface area contributed by atoms with Gasteiger partial charge in [0.15, 0.2) is 11.4 Å². The summed E-state index contributed by atoms with van der Waals surface area (Å²) < 4.78 is 1.70. The van der Waals surface area contributed by atoms with Gasteiger partial charge in [-0.25, -0.2) is 9.50 Å². The van der Waals surface area contributed by atoms with Crippen molar-refractivity contribution in [1.82, 2.24) is 29.9 Å². The number of pyridine rings is 2. The Labute approximate surface area is 168 Å². The molecule has 1 fully saturated rings. The number of fused-ring (bicyclic) bond motifs is 2. The molecule has 29 heavy (non-hydrogen) atoms. The van der Waals surface area contributed by atoms with Crippen molar-refractivity contribution >= 4 is 16.6 Å². The summed E-state index contributed by atoms with van der Waals surface area (Å²) in [5, 5.41) is 18.8. The molecule has 0 aliphatic carbocycles. The number of aromatic nitrogens is 5. The van der Waals surface area contributed by atoms with E-state index in [1.165, 1.54) is 0 Å². The molecular formula is C22H24N6O. The van der Waals surface area contributed by atoms with Crippen molar-refractivity contribution in [2.45, 2.75) is 39.0 Å².